The van der Waals surface area contributed by atoms with Gasteiger partial charge in [-0.1, -0.05) is 29.3 Å². The van der Waals surface area contributed by atoms with Gasteiger partial charge in [-0.05, 0) is 37.1 Å². The molecule has 0 saturated carbocycles. The fourth-order valence-electron chi connectivity index (χ4n) is 1.97. The Kier molecular flexibility index (Phi) is 3.52. The molecule has 15 heavy (non-hydrogen) atoms. The summed E-state index contributed by atoms with van der Waals surface area (Å²) in [5.74, 6) is 0. The highest BCUT2D eigenvalue weighted by Gasteiger charge is 2.22. The minimum absolute atomic E-state index is 0.00210. The summed E-state index contributed by atoms with van der Waals surface area (Å²) in [4.78, 5) is 0. The third kappa shape index (κ3) is 2.45. The average molecular weight is 245 g/mol. The van der Waals surface area contributed by atoms with E-state index in [-0.39, 0.29) is 6.04 Å². The third-order valence-corrected chi connectivity index (χ3v) is 3.60. The van der Waals surface area contributed by atoms with Crippen molar-refractivity contribution in [3.63, 3.8) is 0 Å². The van der Waals surface area contributed by atoms with Crippen LogP contribution in [0.15, 0.2) is 18.2 Å². The molecule has 0 aromatic heterocycles. The van der Waals surface area contributed by atoms with Crippen LogP contribution in [0.2, 0.25) is 10.0 Å². The van der Waals surface area contributed by atoms with Gasteiger partial charge in [-0.2, -0.15) is 0 Å². The molecule has 4 heteroatoms. The SMILES string of the molecule is NC(c1ccc(Cl)c(Cl)c1)C1CCCN1. The van der Waals surface area contributed by atoms with Crippen LogP contribution in [-0.2, 0) is 0 Å². The Bertz CT molecular complexity index is 348. The molecular formula is C11H14Cl2N2. The number of hydrogen-bond donors (Lipinski definition) is 2. The Balaban J connectivity index is 2.17. The van der Waals surface area contributed by atoms with E-state index in [1.807, 2.05) is 12.1 Å². The van der Waals surface area contributed by atoms with Crippen molar-refractivity contribution in [2.24, 2.45) is 5.73 Å². The first-order valence-corrected chi connectivity index (χ1v) is 5.88. The van der Waals surface area contributed by atoms with Crippen LogP contribution in [-0.4, -0.2) is 12.6 Å². The highest BCUT2D eigenvalue weighted by Crippen LogP contribution is 2.27. The van der Waals surface area contributed by atoms with Gasteiger partial charge in [0.15, 0.2) is 0 Å². The van der Waals surface area contributed by atoms with Crippen LogP contribution in [0.1, 0.15) is 24.4 Å². The van der Waals surface area contributed by atoms with E-state index in [4.69, 9.17) is 28.9 Å². The van der Waals surface area contributed by atoms with Crippen LogP contribution < -0.4 is 11.1 Å². The topological polar surface area (TPSA) is 38.0 Å². The molecule has 0 radical (unpaired) electrons. The van der Waals surface area contributed by atoms with E-state index in [0.717, 1.165) is 18.5 Å². The molecule has 2 unspecified atom stereocenters. The second-order valence-corrected chi connectivity index (χ2v) is 4.72. The molecule has 1 fully saturated rings. The molecule has 2 nitrogen and oxygen atoms in total. The summed E-state index contributed by atoms with van der Waals surface area (Å²) >= 11 is 11.8. The van der Waals surface area contributed by atoms with E-state index in [1.54, 1.807) is 6.07 Å². The highest BCUT2D eigenvalue weighted by atomic mass is 35.5. The van der Waals surface area contributed by atoms with Crippen LogP contribution in [0.5, 0.6) is 0 Å². The van der Waals surface area contributed by atoms with Gasteiger partial charge in [-0.3, -0.25) is 0 Å². The molecule has 1 heterocycles. The maximum atomic E-state index is 6.16. The summed E-state index contributed by atoms with van der Waals surface area (Å²) in [6, 6.07) is 5.96. The summed E-state index contributed by atoms with van der Waals surface area (Å²) in [5.41, 5.74) is 7.20. The number of nitrogens with two attached hydrogens (primary N) is 1. The predicted molar refractivity (Wildman–Crippen MR) is 64.4 cm³/mol. The molecule has 1 aliphatic heterocycles. The number of hydrogen-bond acceptors (Lipinski definition) is 2. The Hall–Kier alpha value is -0.280. The van der Waals surface area contributed by atoms with Gasteiger partial charge in [-0.25, -0.2) is 0 Å². The zero-order chi connectivity index (χ0) is 10.8. The van der Waals surface area contributed by atoms with Crippen molar-refractivity contribution >= 4 is 23.2 Å². The number of rotatable bonds is 2. The van der Waals surface area contributed by atoms with Gasteiger partial charge >= 0.3 is 0 Å². The van der Waals surface area contributed by atoms with E-state index in [2.05, 4.69) is 5.32 Å². The van der Waals surface area contributed by atoms with Gasteiger partial charge in [0.1, 0.15) is 0 Å². The van der Waals surface area contributed by atoms with Crippen molar-refractivity contribution in [1.29, 1.82) is 0 Å². The second-order valence-electron chi connectivity index (χ2n) is 3.90. The van der Waals surface area contributed by atoms with Crippen molar-refractivity contribution in [2.75, 3.05) is 6.54 Å². The molecule has 82 valence electrons. The maximum absolute atomic E-state index is 6.16. The molecular weight excluding hydrogens is 231 g/mol. The molecule has 1 aromatic rings. The molecule has 2 atom stereocenters. The molecule has 2 rings (SSSR count). The molecule has 1 saturated heterocycles. The van der Waals surface area contributed by atoms with Gasteiger partial charge in [0.2, 0.25) is 0 Å². The third-order valence-electron chi connectivity index (χ3n) is 2.86. The van der Waals surface area contributed by atoms with E-state index in [0.29, 0.717) is 16.1 Å². The maximum Gasteiger partial charge on any atom is 0.0595 e. The van der Waals surface area contributed by atoms with Crippen molar-refractivity contribution < 1.29 is 0 Å². The molecule has 0 amide bonds. The van der Waals surface area contributed by atoms with Crippen LogP contribution in [0.3, 0.4) is 0 Å². The first-order valence-electron chi connectivity index (χ1n) is 5.12. The molecule has 1 aliphatic rings. The van der Waals surface area contributed by atoms with E-state index >= 15 is 0 Å². The van der Waals surface area contributed by atoms with Gasteiger partial charge in [0, 0.05) is 12.1 Å². The number of benzene rings is 1. The lowest BCUT2D eigenvalue weighted by Crippen LogP contribution is -2.34. The summed E-state index contributed by atoms with van der Waals surface area (Å²) in [6.45, 7) is 1.06. The Morgan fingerprint density at radius 3 is 2.73 bits per heavy atom. The predicted octanol–water partition coefficient (Wildman–Crippen LogP) is 2.75. The smallest absolute Gasteiger partial charge is 0.0595 e. The van der Waals surface area contributed by atoms with Gasteiger partial charge in [-0.15, -0.1) is 0 Å². The van der Waals surface area contributed by atoms with Crippen LogP contribution in [0.25, 0.3) is 0 Å². The zero-order valence-corrected chi connectivity index (χ0v) is 9.85. The summed E-state index contributed by atoms with van der Waals surface area (Å²) in [7, 11) is 0. The lowest BCUT2D eigenvalue weighted by atomic mass is 9.99. The Morgan fingerprint density at radius 1 is 1.33 bits per heavy atom. The monoisotopic (exact) mass is 244 g/mol. The largest absolute Gasteiger partial charge is 0.323 e. The molecule has 0 aliphatic carbocycles. The number of nitrogens with one attached hydrogen (secondary N) is 1. The fourth-order valence-corrected chi connectivity index (χ4v) is 2.28. The van der Waals surface area contributed by atoms with E-state index < -0.39 is 0 Å². The van der Waals surface area contributed by atoms with E-state index in [1.165, 1.54) is 6.42 Å². The van der Waals surface area contributed by atoms with Crippen LogP contribution in [0, 0.1) is 0 Å². The Morgan fingerprint density at radius 2 is 2.13 bits per heavy atom. The van der Waals surface area contributed by atoms with Gasteiger partial charge in [0.05, 0.1) is 10.0 Å². The van der Waals surface area contributed by atoms with Crippen molar-refractivity contribution in [1.82, 2.24) is 5.32 Å². The minimum atomic E-state index is 0.00210. The van der Waals surface area contributed by atoms with Crippen LogP contribution >= 0.6 is 23.2 Å². The molecule has 0 spiro atoms. The lowest BCUT2D eigenvalue weighted by Gasteiger charge is -2.20. The Labute approximate surface area is 99.7 Å². The zero-order valence-electron chi connectivity index (χ0n) is 8.34. The van der Waals surface area contributed by atoms with Gasteiger partial charge in [0.25, 0.3) is 0 Å². The molecule has 1 aromatic carbocycles. The van der Waals surface area contributed by atoms with Crippen LogP contribution in [0.4, 0.5) is 0 Å². The van der Waals surface area contributed by atoms with Gasteiger partial charge < -0.3 is 11.1 Å². The first kappa shape index (κ1) is 11.2. The normalized spacial score (nSPS) is 23.0. The van der Waals surface area contributed by atoms with Crippen molar-refractivity contribution in [3.05, 3.63) is 33.8 Å². The van der Waals surface area contributed by atoms with Crippen molar-refractivity contribution in [3.8, 4) is 0 Å². The fraction of sp³-hybridized carbons (Fsp3) is 0.455. The summed E-state index contributed by atoms with van der Waals surface area (Å²) in [6.07, 6.45) is 2.32. The quantitative estimate of drug-likeness (QED) is 0.840. The standard InChI is InChI=1S/C11H14Cl2N2/c12-8-4-3-7(6-9(8)13)11(14)10-2-1-5-15-10/h3-4,6,10-11,15H,1-2,5,14H2. The molecule has 3 N–H and O–H groups in total. The highest BCUT2D eigenvalue weighted by molar-refractivity contribution is 6.42. The minimum Gasteiger partial charge on any atom is -0.323 e. The first-order chi connectivity index (χ1) is 7.18. The van der Waals surface area contributed by atoms with Crippen molar-refractivity contribution in [2.45, 2.75) is 24.9 Å². The van der Waals surface area contributed by atoms with E-state index in [9.17, 15) is 0 Å². The second kappa shape index (κ2) is 4.71. The lowest BCUT2D eigenvalue weighted by molar-refractivity contribution is 0.501. The summed E-state index contributed by atoms with van der Waals surface area (Å²) < 4.78 is 0. The number of halogens is 2. The molecule has 0 bridgehead atoms. The summed E-state index contributed by atoms with van der Waals surface area (Å²) in [5, 5.41) is 4.54. The average Bonchev–Trinajstić information content (AvgIpc) is 2.74.